The Bertz CT molecular complexity index is 2650. The molecule has 0 aromatic heterocycles. The van der Waals surface area contributed by atoms with Crippen molar-refractivity contribution in [3.05, 3.63) is 186 Å². The van der Waals surface area contributed by atoms with Gasteiger partial charge in [0, 0.05) is 22.4 Å². The summed E-state index contributed by atoms with van der Waals surface area (Å²) in [5, 5.41) is 5.07. The summed E-state index contributed by atoms with van der Waals surface area (Å²) in [4.78, 5) is 2.53. The van der Waals surface area contributed by atoms with Crippen molar-refractivity contribution in [2.75, 3.05) is 4.90 Å². The summed E-state index contributed by atoms with van der Waals surface area (Å²) in [5.41, 5.74) is 17.1. The molecule has 10 rings (SSSR count). The zero-order valence-corrected chi connectivity index (χ0v) is 29.9. The monoisotopic (exact) mass is 667 g/mol. The van der Waals surface area contributed by atoms with E-state index >= 15 is 0 Å². The molecule has 0 heterocycles. The number of aryl methyl sites for hydroxylation is 1. The van der Waals surface area contributed by atoms with Gasteiger partial charge in [-0.1, -0.05) is 141 Å². The van der Waals surface area contributed by atoms with Crippen LogP contribution in [0.1, 0.15) is 48.9 Å². The van der Waals surface area contributed by atoms with Crippen molar-refractivity contribution in [1.82, 2.24) is 0 Å². The first-order chi connectivity index (χ1) is 25.5. The number of rotatable bonds is 5. The zero-order valence-electron chi connectivity index (χ0n) is 29.9. The third-order valence-corrected chi connectivity index (χ3v) is 11.8. The van der Waals surface area contributed by atoms with E-state index in [1.165, 1.54) is 95.7 Å². The van der Waals surface area contributed by atoms with E-state index in [9.17, 15) is 0 Å². The van der Waals surface area contributed by atoms with Gasteiger partial charge in [0.2, 0.25) is 0 Å². The van der Waals surface area contributed by atoms with Crippen molar-refractivity contribution in [1.29, 1.82) is 0 Å². The van der Waals surface area contributed by atoms with Crippen LogP contribution >= 0.6 is 0 Å². The lowest BCUT2D eigenvalue weighted by Gasteiger charge is -2.32. The maximum absolute atomic E-state index is 2.53. The highest BCUT2D eigenvalue weighted by Gasteiger charge is 2.37. The minimum absolute atomic E-state index is 0.127. The lowest BCUT2D eigenvalue weighted by Crippen LogP contribution is -2.17. The fraction of sp³-hybridized carbons (Fsp3) is 0.137. The predicted molar refractivity (Wildman–Crippen MR) is 221 cm³/mol. The first-order valence-corrected chi connectivity index (χ1v) is 18.8. The second-order valence-corrected chi connectivity index (χ2v) is 15.2. The van der Waals surface area contributed by atoms with Gasteiger partial charge in [-0.3, -0.25) is 0 Å². The minimum Gasteiger partial charge on any atom is -0.310 e. The van der Waals surface area contributed by atoms with E-state index < -0.39 is 0 Å². The Morgan fingerprint density at radius 3 is 1.98 bits per heavy atom. The van der Waals surface area contributed by atoms with Gasteiger partial charge in [0.1, 0.15) is 0 Å². The molecule has 0 fully saturated rings. The molecular weight excluding hydrogens is 627 g/mol. The molecule has 0 aliphatic heterocycles. The van der Waals surface area contributed by atoms with Gasteiger partial charge in [0.15, 0.2) is 0 Å². The topological polar surface area (TPSA) is 3.24 Å². The fourth-order valence-corrected chi connectivity index (χ4v) is 9.16. The summed E-state index contributed by atoms with van der Waals surface area (Å²) in [6.07, 6.45) is 4.78. The van der Waals surface area contributed by atoms with E-state index in [0.717, 1.165) is 24.2 Å². The largest absolute Gasteiger partial charge is 0.310 e. The second-order valence-electron chi connectivity index (χ2n) is 15.2. The van der Waals surface area contributed by atoms with Gasteiger partial charge in [0.05, 0.1) is 5.69 Å². The Hall–Kier alpha value is -5.92. The first-order valence-electron chi connectivity index (χ1n) is 18.8. The van der Waals surface area contributed by atoms with Crippen molar-refractivity contribution < 1.29 is 0 Å². The van der Waals surface area contributed by atoms with E-state index in [4.69, 9.17) is 0 Å². The average Bonchev–Trinajstić information content (AvgIpc) is 3.43. The molecular formula is C51H41N. The fourth-order valence-electron chi connectivity index (χ4n) is 9.16. The Kier molecular flexibility index (Phi) is 7.18. The SMILES string of the molecule is CC1(C)c2ccccc2-c2cc(-c3cccc4c3CCCC4)c(N(c3ccc(-c4ccccc4)cc3)c3ccc4ccc5ccccc5c4c3)cc21. The number of anilines is 3. The summed E-state index contributed by atoms with van der Waals surface area (Å²) < 4.78 is 0. The standard InChI is InChI=1S/C51H41N/c1-51(2)48-22-11-10-20-44(48)46-32-47(43-21-12-17-36-15-6-8-18-41(36)43)50(33-49(46)51)52(39-28-25-35(26-29-39)34-13-4-3-5-14-34)40-30-27-38-24-23-37-16-7-9-19-42(37)45(38)31-40/h3-5,7,9-14,16-17,19-33H,6,8,15,18H2,1-2H3. The first kappa shape index (κ1) is 30.9. The molecule has 250 valence electrons. The predicted octanol–water partition coefficient (Wildman–Crippen LogP) is 14.0. The lowest BCUT2D eigenvalue weighted by atomic mass is 9.80. The van der Waals surface area contributed by atoms with Gasteiger partial charge in [-0.25, -0.2) is 0 Å². The molecule has 0 amide bonds. The molecule has 52 heavy (non-hydrogen) atoms. The molecule has 0 saturated heterocycles. The Morgan fingerprint density at radius 2 is 1.12 bits per heavy atom. The van der Waals surface area contributed by atoms with Gasteiger partial charge >= 0.3 is 0 Å². The van der Waals surface area contributed by atoms with E-state index in [1.807, 2.05) is 0 Å². The highest BCUT2D eigenvalue weighted by Crippen LogP contribution is 2.54. The van der Waals surface area contributed by atoms with Gasteiger partial charge in [-0.2, -0.15) is 0 Å². The molecule has 0 unspecified atom stereocenters. The van der Waals surface area contributed by atoms with Crippen LogP contribution in [0.25, 0.3) is 54.9 Å². The highest BCUT2D eigenvalue weighted by atomic mass is 15.1. The molecule has 1 nitrogen and oxygen atoms in total. The number of hydrogen-bond acceptors (Lipinski definition) is 1. The summed E-state index contributed by atoms with van der Waals surface area (Å²) in [5.74, 6) is 0. The molecule has 0 spiro atoms. The van der Waals surface area contributed by atoms with E-state index in [0.29, 0.717) is 0 Å². The van der Waals surface area contributed by atoms with Crippen LogP contribution in [-0.2, 0) is 18.3 Å². The van der Waals surface area contributed by atoms with Crippen LogP contribution in [0.5, 0.6) is 0 Å². The van der Waals surface area contributed by atoms with Gasteiger partial charge in [-0.05, 0) is 134 Å². The number of nitrogens with zero attached hydrogens (tertiary/aromatic N) is 1. The van der Waals surface area contributed by atoms with Gasteiger partial charge in [-0.15, -0.1) is 0 Å². The molecule has 0 bridgehead atoms. The highest BCUT2D eigenvalue weighted by molar-refractivity contribution is 6.09. The van der Waals surface area contributed by atoms with Crippen LogP contribution in [0.4, 0.5) is 17.1 Å². The Labute approximate surface area is 306 Å². The van der Waals surface area contributed by atoms with Crippen LogP contribution in [0.3, 0.4) is 0 Å². The lowest BCUT2D eigenvalue weighted by molar-refractivity contribution is 0.660. The quantitative estimate of drug-likeness (QED) is 0.165. The number of benzene rings is 8. The summed E-state index contributed by atoms with van der Waals surface area (Å²) in [7, 11) is 0. The van der Waals surface area contributed by atoms with Crippen LogP contribution in [0.2, 0.25) is 0 Å². The molecule has 0 saturated carbocycles. The molecule has 8 aromatic rings. The van der Waals surface area contributed by atoms with Crippen LogP contribution in [0.15, 0.2) is 164 Å². The molecule has 0 N–H and O–H groups in total. The number of fused-ring (bicyclic) bond motifs is 7. The second kappa shape index (κ2) is 12.1. The normalized spacial score (nSPS) is 14.2. The Balaban J connectivity index is 1.27. The van der Waals surface area contributed by atoms with Gasteiger partial charge < -0.3 is 4.90 Å². The molecule has 0 atom stereocenters. The maximum atomic E-state index is 2.53. The van der Waals surface area contributed by atoms with E-state index in [1.54, 1.807) is 0 Å². The van der Waals surface area contributed by atoms with Crippen molar-refractivity contribution in [2.24, 2.45) is 0 Å². The average molecular weight is 668 g/mol. The smallest absolute Gasteiger partial charge is 0.0543 e. The summed E-state index contributed by atoms with van der Waals surface area (Å²) in [6, 6.07) is 61.3. The van der Waals surface area contributed by atoms with Crippen molar-refractivity contribution in [3.63, 3.8) is 0 Å². The molecule has 2 aliphatic rings. The molecule has 1 heteroatoms. The summed E-state index contributed by atoms with van der Waals surface area (Å²) in [6.45, 7) is 4.79. The van der Waals surface area contributed by atoms with E-state index in [-0.39, 0.29) is 5.41 Å². The summed E-state index contributed by atoms with van der Waals surface area (Å²) >= 11 is 0. The molecule has 2 aliphatic carbocycles. The van der Waals surface area contributed by atoms with E-state index in [2.05, 4.69) is 183 Å². The third-order valence-electron chi connectivity index (χ3n) is 11.8. The van der Waals surface area contributed by atoms with Crippen molar-refractivity contribution in [2.45, 2.75) is 44.9 Å². The number of hydrogen-bond donors (Lipinski definition) is 0. The van der Waals surface area contributed by atoms with Crippen LogP contribution in [-0.4, -0.2) is 0 Å². The van der Waals surface area contributed by atoms with Crippen molar-refractivity contribution in [3.8, 4) is 33.4 Å². The minimum atomic E-state index is -0.127. The zero-order chi connectivity index (χ0) is 34.8. The van der Waals surface area contributed by atoms with Crippen LogP contribution in [0, 0.1) is 0 Å². The molecule has 0 radical (unpaired) electrons. The maximum Gasteiger partial charge on any atom is 0.0543 e. The Morgan fingerprint density at radius 1 is 0.442 bits per heavy atom. The van der Waals surface area contributed by atoms with Crippen molar-refractivity contribution >= 4 is 38.6 Å². The molecule has 8 aromatic carbocycles. The van der Waals surface area contributed by atoms with Crippen LogP contribution < -0.4 is 4.90 Å². The van der Waals surface area contributed by atoms with Gasteiger partial charge in [0.25, 0.3) is 0 Å². The third kappa shape index (κ3) is 4.91.